The minimum atomic E-state index is -0.675. The molecular weight excluding hydrogens is 280 g/mol. The molecule has 7 heteroatoms. The lowest BCUT2D eigenvalue weighted by molar-refractivity contribution is -0.0536. The van der Waals surface area contributed by atoms with Gasteiger partial charge in [-0.2, -0.15) is 0 Å². The van der Waals surface area contributed by atoms with Crippen molar-refractivity contribution in [2.24, 2.45) is 0 Å². The molecule has 0 spiro atoms. The molecule has 1 N–H and O–H groups in total. The number of hydrogen-bond acceptors (Lipinski definition) is 7. The first kappa shape index (κ1) is 14.4. The molecule has 0 amide bonds. The number of methoxy groups -OCH3 is 2. The van der Waals surface area contributed by atoms with Crippen molar-refractivity contribution in [1.82, 2.24) is 0 Å². The lowest BCUT2D eigenvalue weighted by Gasteiger charge is -2.22. The predicted molar refractivity (Wildman–Crippen MR) is 70.5 cm³/mol. The highest BCUT2D eigenvalue weighted by Gasteiger charge is 2.34. The summed E-state index contributed by atoms with van der Waals surface area (Å²) in [5.74, 6) is 0.806. The van der Waals surface area contributed by atoms with E-state index in [1.165, 1.54) is 14.2 Å². The van der Waals surface area contributed by atoms with Gasteiger partial charge in [0, 0.05) is 6.07 Å². The number of ether oxygens (including phenoxy) is 6. The number of phenolic OH excluding ortho intramolecular Hbond substituents is 1. The second-order valence-corrected chi connectivity index (χ2v) is 4.60. The average Bonchev–Trinajstić information content (AvgIpc) is 3.19. The Kier molecular flexibility index (Phi) is 4.16. The van der Waals surface area contributed by atoms with Gasteiger partial charge in [0.2, 0.25) is 0 Å². The van der Waals surface area contributed by atoms with Crippen LogP contribution in [0, 0.1) is 0 Å². The number of rotatable bonds is 4. The lowest BCUT2D eigenvalue weighted by Crippen LogP contribution is -2.08. The van der Waals surface area contributed by atoms with Gasteiger partial charge >= 0.3 is 0 Å². The second kappa shape index (κ2) is 6.07. The van der Waals surface area contributed by atoms with E-state index in [0.717, 1.165) is 0 Å². The number of hydrogen-bond donors (Lipinski definition) is 1. The molecule has 0 atom stereocenters. The quantitative estimate of drug-likeness (QED) is 0.902. The van der Waals surface area contributed by atoms with Gasteiger partial charge in [-0.15, -0.1) is 0 Å². The van der Waals surface area contributed by atoms with Gasteiger partial charge in [0.1, 0.15) is 17.2 Å². The van der Waals surface area contributed by atoms with Crippen LogP contribution in [0.2, 0.25) is 0 Å². The van der Waals surface area contributed by atoms with Crippen LogP contribution in [-0.2, 0) is 18.9 Å². The monoisotopic (exact) mass is 298 g/mol. The molecule has 0 unspecified atom stereocenters. The van der Waals surface area contributed by atoms with Crippen LogP contribution in [0.15, 0.2) is 6.07 Å². The van der Waals surface area contributed by atoms with E-state index in [1.807, 2.05) is 0 Å². The summed E-state index contributed by atoms with van der Waals surface area (Å²) in [5, 5.41) is 10.7. The third-order valence-electron chi connectivity index (χ3n) is 3.46. The summed E-state index contributed by atoms with van der Waals surface area (Å²) in [6.07, 6.45) is -1.35. The zero-order chi connectivity index (χ0) is 14.8. The van der Waals surface area contributed by atoms with Crippen molar-refractivity contribution >= 4 is 0 Å². The Labute approximate surface area is 122 Å². The summed E-state index contributed by atoms with van der Waals surface area (Å²) in [6, 6.07) is 1.67. The Bertz CT molecular complexity index is 462. The van der Waals surface area contributed by atoms with E-state index in [2.05, 4.69) is 0 Å². The van der Waals surface area contributed by atoms with E-state index in [-0.39, 0.29) is 5.75 Å². The van der Waals surface area contributed by atoms with E-state index < -0.39 is 12.6 Å². The van der Waals surface area contributed by atoms with Crippen molar-refractivity contribution in [3.05, 3.63) is 17.2 Å². The third kappa shape index (κ3) is 2.53. The SMILES string of the molecule is COc1cc(OC)c(C2OCCO2)c(O)c1C1OCCO1. The molecule has 7 nitrogen and oxygen atoms in total. The zero-order valence-electron chi connectivity index (χ0n) is 12.0. The maximum atomic E-state index is 10.7. The van der Waals surface area contributed by atoms with Crippen LogP contribution in [0.25, 0.3) is 0 Å². The summed E-state index contributed by atoms with van der Waals surface area (Å²) in [4.78, 5) is 0. The molecule has 2 aliphatic heterocycles. The van der Waals surface area contributed by atoms with Crippen LogP contribution in [0.3, 0.4) is 0 Å². The van der Waals surface area contributed by atoms with Crippen molar-refractivity contribution in [3.63, 3.8) is 0 Å². The largest absolute Gasteiger partial charge is 0.507 e. The zero-order valence-corrected chi connectivity index (χ0v) is 12.0. The molecule has 2 heterocycles. The molecule has 0 aliphatic carbocycles. The highest BCUT2D eigenvalue weighted by Crippen LogP contribution is 2.48. The first-order valence-electron chi connectivity index (χ1n) is 6.70. The van der Waals surface area contributed by atoms with Crippen molar-refractivity contribution in [3.8, 4) is 17.2 Å². The molecule has 3 rings (SSSR count). The standard InChI is InChI=1S/C14H18O7/c1-16-8-7-9(17-2)11(14-20-5-6-21-14)12(15)10(8)13-18-3-4-19-13/h7,13-15H,3-6H2,1-2H3. The fraction of sp³-hybridized carbons (Fsp3) is 0.571. The summed E-state index contributed by atoms with van der Waals surface area (Å²) in [5.41, 5.74) is 0.842. The minimum Gasteiger partial charge on any atom is -0.507 e. The molecule has 1 aromatic carbocycles. The molecular formula is C14H18O7. The van der Waals surface area contributed by atoms with E-state index in [9.17, 15) is 5.11 Å². The maximum Gasteiger partial charge on any atom is 0.191 e. The fourth-order valence-corrected chi connectivity index (χ4v) is 2.50. The van der Waals surface area contributed by atoms with Gasteiger partial charge in [-0.1, -0.05) is 0 Å². The van der Waals surface area contributed by atoms with Crippen molar-refractivity contribution < 1.29 is 33.5 Å². The van der Waals surface area contributed by atoms with Crippen LogP contribution in [-0.4, -0.2) is 45.8 Å². The Morgan fingerprint density at radius 3 is 1.57 bits per heavy atom. The molecule has 0 saturated carbocycles. The summed E-state index contributed by atoms with van der Waals surface area (Å²) in [6.45, 7) is 1.85. The average molecular weight is 298 g/mol. The van der Waals surface area contributed by atoms with Gasteiger partial charge in [0.05, 0.1) is 51.8 Å². The summed E-state index contributed by atoms with van der Waals surface area (Å²) < 4.78 is 32.5. The molecule has 2 fully saturated rings. The molecule has 116 valence electrons. The molecule has 0 aromatic heterocycles. The number of aromatic hydroxyl groups is 1. The molecule has 0 bridgehead atoms. The van der Waals surface area contributed by atoms with Gasteiger partial charge in [-0.25, -0.2) is 0 Å². The van der Waals surface area contributed by atoms with Crippen LogP contribution in [0.1, 0.15) is 23.7 Å². The van der Waals surface area contributed by atoms with Crippen molar-refractivity contribution in [1.29, 1.82) is 0 Å². The van der Waals surface area contributed by atoms with Crippen molar-refractivity contribution in [2.75, 3.05) is 40.6 Å². The molecule has 1 aromatic rings. The molecule has 0 radical (unpaired) electrons. The van der Waals surface area contributed by atoms with E-state index in [0.29, 0.717) is 49.1 Å². The van der Waals surface area contributed by atoms with Gasteiger partial charge in [-0.05, 0) is 0 Å². The summed E-state index contributed by atoms with van der Waals surface area (Å²) >= 11 is 0. The van der Waals surface area contributed by atoms with Crippen LogP contribution in [0.4, 0.5) is 0 Å². The van der Waals surface area contributed by atoms with Gasteiger partial charge in [0.15, 0.2) is 12.6 Å². The van der Waals surface area contributed by atoms with Crippen LogP contribution >= 0.6 is 0 Å². The van der Waals surface area contributed by atoms with Crippen molar-refractivity contribution in [2.45, 2.75) is 12.6 Å². The number of phenols is 1. The Morgan fingerprint density at radius 2 is 1.24 bits per heavy atom. The third-order valence-corrected chi connectivity index (χ3v) is 3.46. The fourth-order valence-electron chi connectivity index (χ4n) is 2.50. The lowest BCUT2D eigenvalue weighted by atomic mass is 10.0. The summed E-state index contributed by atoms with van der Waals surface area (Å²) in [7, 11) is 3.02. The first-order valence-corrected chi connectivity index (χ1v) is 6.70. The second-order valence-electron chi connectivity index (χ2n) is 4.60. The minimum absolute atomic E-state index is 0.0509. The molecule has 21 heavy (non-hydrogen) atoms. The topological polar surface area (TPSA) is 75.6 Å². The van der Waals surface area contributed by atoms with Gasteiger partial charge < -0.3 is 33.5 Å². The number of benzene rings is 1. The Morgan fingerprint density at radius 1 is 0.857 bits per heavy atom. The van der Waals surface area contributed by atoms with E-state index >= 15 is 0 Å². The normalized spacial score (nSPS) is 20.1. The predicted octanol–water partition coefficient (Wildman–Crippen LogP) is 1.50. The highest BCUT2D eigenvalue weighted by molar-refractivity contribution is 5.58. The Balaban J connectivity index is 2.10. The van der Waals surface area contributed by atoms with Gasteiger partial charge in [-0.3, -0.25) is 0 Å². The maximum absolute atomic E-state index is 10.7. The molecule has 2 saturated heterocycles. The van der Waals surface area contributed by atoms with Crippen LogP contribution < -0.4 is 9.47 Å². The van der Waals surface area contributed by atoms with E-state index in [4.69, 9.17) is 28.4 Å². The first-order chi connectivity index (χ1) is 10.3. The van der Waals surface area contributed by atoms with Gasteiger partial charge in [0.25, 0.3) is 0 Å². The van der Waals surface area contributed by atoms with Crippen LogP contribution in [0.5, 0.6) is 17.2 Å². The molecule has 2 aliphatic rings. The smallest absolute Gasteiger partial charge is 0.191 e. The highest BCUT2D eigenvalue weighted by atomic mass is 16.7. The Hall–Kier alpha value is -1.54. The van der Waals surface area contributed by atoms with E-state index in [1.54, 1.807) is 6.07 Å².